The van der Waals surface area contributed by atoms with Crippen molar-refractivity contribution in [3.63, 3.8) is 0 Å². The highest BCUT2D eigenvalue weighted by Crippen LogP contribution is 2.14. The number of aryl methyl sites for hydroxylation is 1. The summed E-state index contributed by atoms with van der Waals surface area (Å²) in [4.78, 5) is 0.154. The summed E-state index contributed by atoms with van der Waals surface area (Å²) in [6.07, 6.45) is 2.99. The van der Waals surface area contributed by atoms with Crippen molar-refractivity contribution in [3.05, 3.63) is 29.8 Å². The Morgan fingerprint density at radius 1 is 1.09 bits per heavy atom. The van der Waals surface area contributed by atoms with Crippen molar-refractivity contribution in [2.75, 3.05) is 33.0 Å². The normalized spacial score (nSPS) is 18.9. The number of hydrogen-bond donors (Lipinski definition) is 0. The van der Waals surface area contributed by atoms with E-state index in [-0.39, 0.29) is 24.4 Å². The molecule has 1 saturated heterocycles. The summed E-state index contributed by atoms with van der Waals surface area (Å²) in [6, 6.07) is 6.53. The molecule has 0 N–H and O–H groups in total. The second-order valence-corrected chi connectivity index (χ2v) is 6.98. The lowest BCUT2D eigenvalue weighted by Crippen LogP contribution is -2.24. The number of ether oxygens (including phenoxy) is 3. The van der Waals surface area contributed by atoms with Crippen LogP contribution in [0.15, 0.2) is 29.2 Å². The van der Waals surface area contributed by atoms with E-state index in [0.717, 1.165) is 31.4 Å². The molecule has 0 amide bonds. The van der Waals surface area contributed by atoms with Crippen molar-refractivity contribution in [2.24, 2.45) is 0 Å². The van der Waals surface area contributed by atoms with Crippen LogP contribution in [0.5, 0.6) is 0 Å². The molecule has 1 aromatic carbocycles. The molecule has 6 nitrogen and oxygen atoms in total. The third-order valence-corrected chi connectivity index (χ3v) is 4.77. The van der Waals surface area contributed by atoms with Gasteiger partial charge in [0.05, 0.1) is 31.3 Å². The van der Waals surface area contributed by atoms with Gasteiger partial charge < -0.3 is 14.2 Å². The molecule has 1 aliphatic heterocycles. The summed E-state index contributed by atoms with van der Waals surface area (Å²) in [7, 11) is -3.72. The minimum Gasteiger partial charge on any atom is -0.377 e. The Hall–Kier alpha value is -0.990. The van der Waals surface area contributed by atoms with E-state index in [1.807, 2.05) is 6.92 Å². The molecule has 0 aliphatic carbocycles. The van der Waals surface area contributed by atoms with Crippen LogP contribution in [0.25, 0.3) is 0 Å². The van der Waals surface area contributed by atoms with Gasteiger partial charge >= 0.3 is 0 Å². The van der Waals surface area contributed by atoms with Crippen molar-refractivity contribution in [1.29, 1.82) is 0 Å². The van der Waals surface area contributed by atoms with Crippen molar-refractivity contribution in [1.82, 2.24) is 0 Å². The highest BCUT2D eigenvalue weighted by atomic mass is 32.2. The summed E-state index contributed by atoms with van der Waals surface area (Å²) < 4.78 is 45.0. The molecule has 0 spiro atoms. The third kappa shape index (κ3) is 6.56. The third-order valence-electron chi connectivity index (χ3n) is 3.45. The Morgan fingerprint density at radius 2 is 1.83 bits per heavy atom. The maximum atomic E-state index is 11.9. The zero-order valence-electron chi connectivity index (χ0n) is 13.4. The molecular formula is C16H24O6S. The first-order valence-electron chi connectivity index (χ1n) is 7.85. The van der Waals surface area contributed by atoms with E-state index in [1.165, 1.54) is 12.1 Å². The van der Waals surface area contributed by atoms with Gasteiger partial charge in [-0.1, -0.05) is 17.7 Å². The van der Waals surface area contributed by atoms with Crippen molar-refractivity contribution in [3.8, 4) is 0 Å². The quantitative estimate of drug-likeness (QED) is 0.505. The van der Waals surface area contributed by atoms with Gasteiger partial charge in [0.1, 0.15) is 0 Å². The van der Waals surface area contributed by atoms with E-state index < -0.39 is 10.1 Å². The van der Waals surface area contributed by atoms with E-state index in [4.69, 9.17) is 18.4 Å². The van der Waals surface area contributed by atoms with Gasteiger partial charge in [-0.3, -0.25) is 4.18 Å². The highest BCUT2D eigenvalue weighted by molar-refractivity contribution is 7.86. The first-order chi connectivity index (χ1) is 11.1. The maximum absolute atomic E-state index is 11.9. The largest absolute Gasteiger partial charge is 0.377 e. The predicted molar refractivity (Wildman–Crippen MR) is 84.7 cm³/mol. The van der Waals surface area contributed by atoms with E-state index in [9.17, 15) is 8.42 Å². The Kier molecular flexibility index (Phi) is 7.45. The molecule has 0 saturated carbocycles. The fourth-order valence-corrected chi connectivity index (χ4v) is 3.05. The van der Waals surface area contributed by atoms with Gasteiger partial charge in [0, 0.05) is 6.61 Å². The van der Waals surface area contributed by atoms with Crippen molar-refractivity contribution >= 4 is 10.1 Å². The monoisotopic (exact) mass is 344 g/mol. The molecular weight excluding hydrogens is 320 g/mol. The van der Waals surface area contributed by atoms with E-state index in [0.29, 0.717) is 13.2 Å². The average Bonchev–Trinajstić information content (AvgIpc) is 2.55. The second-order valence-electron chi connectivity index (χ2n) is 5.37. The SMILES string of the molecule is Cc1ccc(S(=O)(=O)OCCOCCOC2CCCCO2)cc1. The summed E-state index contributed by atoms with van der Waals surface area (Å²) in [5.41, 5.74) is 0.995. The molecule has 1 atom stereocenters. The fourth-order valence-electron chi connectivity index (χ4n) is 2.16. The van der Waals surface area contributed by atoms with Crippen LogP contribution in [0.3, 0.4) is 0 Å². The fraction of sp³-hybridized carbons (Fsp3) is 0.625. The van der Waals surface area contributed by atoms with E-state index in [2.05, 4.69) is 0 Å². The van der Waals surface area contributed by atoms with Crippen molar-refractivity contribution in [2.45, 2.75) is 37.4 Å². The second kappa shape index (κ2) is 9.34. The molecule has 0 aromatic heterocycles. The molecule has 1 fully saturated rings. The van der Waals surface area contributed by atoms with Gasteiger partial charge in [0.25, 0.3) is 10.1 Å². The Balaban J connectivity index is 1.56. The number of rotatable bonds is 9. The van der Waals surface area contributed by atoms with Crippen LogP contribution in [-0.4, -0.2) is 47.7 Å². The summed E-state index contributed by atoms with van der Waals surface area (Å²) in [6.45, 7) is 3.63. The molecule has 1 unspecified atom stereocenters. The number of hydrogen-bond acceptors (Lipinski definition) is 6. The smallest absolute Gasteiger partial charge is 0.297 e. The van der Waals surface area contributed by atoms with Crippen LogP contribution in [0.1, 0.15) is 24.8 Å². The minimum absolute atomic E-state index is 0.0177. The molecule has 2 rings (SSSR count). The minimum atomic E-state index is -3.72. The summed E-state index contributed by atoms with van der Waals surface area (Å²) >= 11 is 0. The molecule has 7 heteroatoms. The van der Waals surface area contributed by atoms with Gasteiger partial charge in [-0.15, -0.1) is 0 Å². The lowest BCUT2D eigenvalue weighted by molar-refractivity contribution is -0.169. The van der Waals surface area contributed by atoms with E-state index in [1.54, 1.807) is 12.1 Å². The molecule has 1 heterocycles. The van der Waals surface area contributed by atoms with Crippen LogP contribution >= 0.6 is 0 Å². The average molecular weight is 344 g/mol. The molecule has 130 valence electrons. The van der Waals surface area contributed by atoms with Crippen LogP contribution in [-0.2, 0) is 28.5 Å². The molecule has 23 heavy (non-hydrogen) atoms. The van der Waals surface area contributed by atoms with Crippen molar-refractivity contribution < 1.29 is 26.8 Å². The van der Waals surface area contributed by atoms with Gasteiger partial charge in [0.2, 0.25) is 0 Å². The Labute approximate surface area is 137 Å². The van der Waals surface area contributed by atoms with Gasteiger partial charge in [-0.2, -0.15) is 8.42 Å². The Morgan fingerprint density at radius 3 is 2.52 bits per heavy atom. The van der Waals surface area contributed by atoms with Crippen LogP contribution in [0.4, 0.5) is 0 Å². The van der Waals surface area contributed by atoms with Gasteiger partial charge in [-0.05, 0) is 38.3 Å². The lowest BCUT2D eigenvalue weighted by Gasteiger charge is -2.22. The first-order valence-corrected chi connectivity index (χ1v) is 9.26. The Bertz CT molecular complexity index is 548. The molecule has 0 bridgehead atoms. The molecule has 1 aromatic rings. The van der Waals surface area contributed by atoms with Crippen LogP contribution in [0.2, 0.25) is 0 Å². The number of benzene rings is 1. The van der Waals surface area contributed by atoms with E-state index >= 15 is 0 Å². The maximum Gasteiger partial charge on any atom is 0.297 e. The van der Waals surface area contributed by atoms with Crippen LogP contribution in [0, 0.1) is 6.92 Å². The predicted octanol–water partition coefficient (Wildman–Crippen LogP) is 2.26. The lowest BCUT2D eigenvalue weighted by atomic mass is 10.2. The van der Waals surface area contributed by atoms with Crippen LogP contribution < -0.4 is 0 Å². The summed E-state index contributed by atoms with van der Waals surface area (Å²) in [5, 5.41) is 0. The highest BCUT2D eigenvalue weighted by Gasteiger charge is 2.15. The van der Waals surface area contributed by atoms with Gasteiger partial charge in [-0.25, -0.2) is 0 Å². The zero-order valence-corrected chi connectivity index (χ0v) is 14.2. The topological polar surface area (TPSA) is 71.1 Å². The van der Waals surface area contributed by atoms with Gasteiger partial charge in [0.15, 0.2) is 6.29 Å². The standard InChI is InChI=1S/C16H24O6S/c1-14-5-7-15(8-6-14)23(17,18)22-13-11-19-10-12-21-16-4-2-3-9-20-16/h5-8,16H,2-4,9-13H2,1H3. The zero-order chi connectivity index (χ0) is 16.5. The molecule has 0 radical (unpaired) electrons. The first kappa shape index (κ1) is 18.4. The summed E-state index contributed by atoms with van der Waals surface area (Å²) in [5.74, 6) is 0. The molecule has 1 aliphatic rings.